The van der Waals surface area contributed by atoms with Crippen molar-refractivity contribution < 1.29 is 36.3 Å². The second-order valence-electron chi connectivity index (χ2n) is 6.50. The number of carbonyl (C=O) groups excluding carboxylic acids is 2. The number of rotatable bonds is 10. The number of halogens is 2. The summed E-state index contributed by atoms with van der Waals surface area (Å²) in [5, 5.41) is 0. The average molecular weight is 486 g/mol. The maximum Gasteiger partial charge on any atom is 0.387 e. The van der Waals surface area contributed by atoms with Crippen molar-refractivity contribution in [1.82, 2.24) is 15.2 Å². The number of nitrogens with zero attached hydrogens (tertiary/aromatic N) is 1. The summed E-state index contributed by atoms with van der Waals surface area (Å²) in [4.78, 5) is 24.8. The van der Waals surface area contributed by atoms with E-state index in [4.69, 9.17) is 4.74 Å². The van der Waals surface area contributed by atoms with Gasteiger partial charge in [0.2, 0.25) is 10.0 Å². The second-order valence-corrected chi connectivity index (χ2v) is 8.44. The van der Waals surface area contributed by atoms with Crippen LogP contribution in [0.3, 0.4) is 0 Å². The van der Waals surface area contributed by atoms with Gasteiger partial charge >= 0.3 is 6.61 Å². The zero-order valence-electron chi connectivity index (χ0n) is 18.3. The van der Waals surface area contributed by atoms with Crippen molar-refractivity contribution in [2.45, 2.75) is 32.3 Å². The Morgan fingerprint density at radius 1 is 0.939 bits per heavy atom. The third kappa shape index (κ3) is 6.62. The highest BCUT2D eigenvalue weighted by Crippen LogP contribution is 2.29. The first kappa shape index (κ1) is 26.0. The van der Waals surface area contributed by atoms with Crippen LogP contribution < -0.4 is 20.3 Å². The van der Waals surface area contributed by atoms with Crippen LogP contribution in [0.2, 0.25) is 0 Å². The summed E-state index contributed by atoms with van der Waals surface area (Å²) in [5.41, 5.74) is 4.41. The molecule has 0 saturated heterocycles. The molecular weight excluding hydrogens is 460 g/mol. The minimum Gasteiger partial charge on any atom is -0.490 e. The third-order valence-corrected chi connectivity index (χ3v) is 6.50. The number of carbonyl (C=O) groups is 2. The molecule has 0 fully saturated rings. The van der Waals surface area contributed by atoms with Crippen LogP contribution in [-0.2, 0) is 10.0 Å². The molecule has 0 aliphatic heterocycles. The summed E-state index contributed by atoms with van der Waals surface area (Å²) in [6.45, 7) is 2.67. The monoisotopic (exact) mass is 485 g/mol. The molecule has 0 atom stereocenters. The Labute approximate surface area is 190 Å². The lowest BCUT2D eigenvalue weighted by Gasteiger charge is -2.18. The average Bonchev–Trinajstić information content (AvgIpc) is 2.79. The number of alkyl halides is 2. The molecule has 12 heteroatoms. The van der Waals surface area contributed by atoms with Crippen LogP contribution in [0.15, 0.2) is 47.4 Å². The molecule has 0 aliphatic rings. The van der Waals surface area contributed by atoms with E-state index in [1.54, 1.807) is 20.8 Å². The molecule has 9 nitrogen and oxygen atoms in total. The number of sulfonamides is 1. The van der Waals surface area contributed by atoms with Gasteiger partial charge in [0.05, 0.1) is 11.5 Å². The fraction of sp³-hybridized carbons (Fsp3) is 0.333. The normalized spacial score (nSPS) is 11.4. The minimum atomic E-state index is -3.77. The molecule has 2 N–H and O–H groups in total. The molecule has 0 bridgehead atoms. The fourth-order valence-electron chi connectivity index (χ4n) is 2.88. The van der Waals surface area contributed by atoms with Gasteiger partial charge in [-0.2, -0.15) is 13.1 Å². The van der Waals surface area contributed by atoms with Crippen molar-refractivity contribution in [3.8, 4) is 11.5 Å². The largest absolute Gasteiger partial charge is 0.490 e. The Morgan fingerprint density at radius 3 is 2.09 bits per heavy atom. The van der Waals surface area contributed by atoms with E-state index < -0.39 is 28.4 Å². The van der Waals surface area contributed by atoms with E-state index in [0.717, 1.165) is 6.07 Å². The Hall–Kier alpha value is -3.25. The highest BCUT2D eigenvalue weighted by molar-refractivity contribution is 7.89. The van der Waals surface area contributed by atoms with Crippen molar-refractivity contribution in [3.05, 3.63) is 53.6 Å². The van der Waals surface area contributed by atoms with E-state index in [9.17, 15) is 26.8 Å². The molecular formula is C21H25F2N3O6S. The number of hydrogen-bond donors (Lipinski definition) is 2. The van der Waals surface area contributed by atoms with Crippen LogP contribution in [0.25, 0.3) is 0 Å². The molecule has 2 rings (SSSR count). The Balaban J connectivity index is 2.13. The number of benzene rings is 2. The van der Waals surface area contributed by atoms with Crippen LogP contribution in [0.4, 0.5) is 8.78 Å². The molecule has 0 saturated carbocycles. The van der Waals surface area contributed by atoms with Crippen LogP contribution in [0.5, 0.6) is 11.5 Å². The number of hydrazine groups is 1. The van der Waals surface area contributed by atoms with Gasteiger partial charge in [-0.05, 0) is 43.3 Å². The summed E-state index contributed by atoms with van der Waals surface area (Å²) < 4.78 is 61.2. The molecule has 0 unspecified atom stereocenters. The first-order valence-electron chi connectivity index (χ1n) is 10.1. The lowest BCUT2D eigenvalue weighted by molar-refractivity contribution is -0.0514. The summed E-state index contributed by atoms with van der Waals surface area (Å²) in [6, 6.07) is 8.96. The summed E-state index contributed by atoms with van der Waals surface area (Å²) >= 11 is 0. The van der Waals surface area contributed by atoms with Gasteiger partial charge in [-0.1, -0.05) is 19.9 Å². The van der Waals surface area contributed by atoms with Gasteiger partial charge in [0.25, 0.3) is 11.8 Å². The number of amides is 2. The SMILES string of the molecule is CCOc1cc(C(=O)NNC(=O)c2cccc(S(=O)(=O)N(CC)CC)c2)ccc1OC(F)F. The van der Waals surface area contributed by atoms with Gasteiger partial charge in [0, 0.05) is 24.2 Å². The van der Waals surface area contributed by atoms with Gasteiger partial charge in [-0.15, -0.1) is 0 Å². The molecule has 0 aromatic heterocycles. The van der Waals surface area contributed by atoms with Gasteiger partial charge in [-0.25, -0.2) is 8.42 Å². The highest BCUT2D eigenvalue weighted by Gasteiger charge is 2.23. The Kier molecular flexibility index (Phi) is 9.12. The van der Waals surface area contributed by atoms with E-state index in [1.165, 1.54) is 40.7 Å². The van der Waals surface area contributed by atoms with Crippen molar-refractivity contribution in [2.75, 3.05) is 19.7 Å². The van der Waals surface area contributed by atoms with Crippen LogP contribution in [-0.4, -0.2) is 50.8 Å². The van der Waals surface area contributed by atoms with E-state index in [2.05, 4.69) is 15.6 Å². The zero-order valence-corrected chi connectivity index (χ0v) is 19.1. The second kappa shape index (κ2) is 11.6. The summed E-state index contributed by atoms with van der Waals surface area (Å²) in [7, 11) is -3.77. The predicted molar refractivity (Wildman–Crippen MR) is 116 cm³/mol. The molecule has 0 spiro atoms. The zero-order chi connectivity index (χ0) is 24.6. The van der Waals surface area contributed by atoms with Crippen LogP contribution in [0.1, 0.15) is 41.5 Å². The van der Waals surface area contributed by atoms with Crippen LogP contribution in [0, 0.1) is 0 Å². The molecule has 180 valence electrons. The van der Waals surface area contributed by atoms with Crippen LogP contribution >= 0.6 is 0 Å². The minimum absolute atomic E-state index is 0.0122. The van der Waals surface area contributed by atoms with Crippen molar-refractivity contribution in [1.29, 1.82) is 0 Å². The Morgan fingerprint density at radius 2 is 1.55 bits per heavy atom. The molecule has 2 aromatic rings. The molecule has 0 heterocycles. The van der Waals surface area contributed by atoms with Gasteiger partial charge < -0.3 is 9.47 Å². The molecule has 0 radical (unpaired) electrons. The predicted octanol–water partition coefficient (Wildman–Crippen LogP) is 2.79. The third-order valence-electron chi connectivity index (χ3n) is 4.45. The van der Waals surface area contributed by atoms with E-state index in [0.29, 0.717) is 0 Å². The Bertz CT molecular complexity index is 1090. The van der Waals surface area contributed by atoms with Crippen molar-refractivity contribution in [3.63, 3.8) is 0 Å². The smallest absolute Gasteiger partial charge is 0.387 e. The topological polar surface area (TPSA) is 114 Å². The molecule has 0 aliphatic carbocycles. The van der Waals surface area contributed by atoms with E-state index in [-0.39, 0.29) is 47.2 Å². The quantitative estimate of drug-likeness (QED) is 0.501. The summed E-state index contributed by atoms with van der Waals surface area (Å²) in [5.74, 6) is -1.80. The van der Waals surface area contributed by atoms with E-state index >= 15 is 0 Å². The fourth-order valence-corrected chi connectivity index (χ4v) is 4.38. The van der Waals surface area contributed by atoms with Gasteiger partial charge in [0.1, 0.15) is 0 Å². The first-order chi connectivity index (χ1) is 15.6. The van der Waals surface area contributed by atoms with Gasteiger partial charge in [-0.3, -0.25) is 20.4 Å². The summed E-state index contributed by atoms with van der Waals surface area (Å²) in [6.07, 6.45) is 0. The number of nitrogens with one attached hydrogen (secondary N) is 2. The number of ether oxygens (including phenoxy) is 2. The van der Waals surface area contributed by atoms with Crippen molar-refractivity contribution >= 4 is 21.8 Å². The van der Waals surface area contributed by atoms with Gasteiger partial charge in [0.15, 0.2) is 11.5 Å². The number of hydrogen-bond acceptors (Lipinski definition) is 6. The highest BCUT2D eigenvalue weighted by atomic mass is 32.2. The maximum absolute atomic E-state index is 12.7. The maximum atomic E-state index is 12.7. The first-order valence-corrected chi connectivity index (χ1v) is 11.5. The lowest BCUT2D eigenvalue weighted by Crippen LogP contribution is -2.41. The molecule has 33 heavy (non-hydrogen) atoms. The molecule has 2 aromatic carbocycles. The van der Waals surface area contributed by atoms with E-state index in [1.807, 2.05) is 0 Å². The van der Waals surface area contributed by atoms with Crippen molar-refractivity contribution in [2.24, 2.45) is 0 Å². The lowest BCUT2D eigenvalue weighted by atomic mass is 10.2. The standard InChI is InChI=1S/C21H25F2N3O6S/c1-4-26(5-2)33(29,30)16-9-7-8-14(12-16)19(27)24-25-20(28)15-10-11-17(32-21(22)23)18(13-15)31-6-3/h7-13,21H,4-6H2,1-3H3,(H,24,27)(H,25,28). The molecule has 2 amide bonds.